The van der Waals surface area contributed by atoms with Gasteiger partial charge < -0.3 is 10.0 Å². The van der Waals surface area contributed by atoms with E-state index in [-0.39, 0.29) is 12.6 Å². The van der Waals surface area contributed by atoms with Crippen LogP contribution in [0.25, 0.3) is 17.0 Å². The topological polar surface area (TPSA) is 66.5 Å². The van der Waals surface area contributed by atoms with Crippen molar-refractivity contribution < 1.29 is 5.11 Å². The third-order valence-corrected chi connectivity index (χ3v) is 4.69. The summed E-state index contributed by atoms with van der Waals surface area (Å²) in [5.74, 6) is 1.38. The first kappa shape index (κ1) is 15.6. The number of hydrogen-bond acceptors (Lipinski definition) is 5. The van der Waals surface area contributed by atoms with Gasteiger partial charge in [0.25, 0.3) is 0 Å². The Morgan fingerprint density at radius 3 is 2.67 bits per heavy atom. The molecule has 0 bridgehead atoms. The molecule has 0 unspecified atom stereocenters. The number of hydrogen-bond donors (Lipinski definition) is 1. The molecule has 1 N–H and O–H groups in total. The van der Waals surface area contributed by atoms with E-state index in [4.69, 9.17) is 23.2 Å². The average Bonchev–Trinajstić information content (AvgIpc) is 3.19. The molecule has 8 heteroatoms. The molecule has 3 heterocycles. The second kappa shape index (κ2) is 6.20. The van der Waals surface area contributed by atoms with E-state index in [1.165, 1.54) is 0 Å². The molecule has 4 rings (SSSR count). The molecule has 1 saturated heterocycles. The number of rotatable bonds is 3. The van der Waals surface area contributed by atoms with Crippen molar-refractivity contribution in [3.63, 3.8) is 0 Å². The zero-order valence-electron chi connectivity index (χ0n) is 12.7. The lowest BCUT2D eigenvalue weighted by molar-refractivity contribution is 0.266. The average molecular weight is 364 g/mol. The van der Waals surface area contributed by atoms with Crippen LogP contribution in [0.1, 0.15) is 12.8 Å². The zero-order valence-corrected chi connectivity index (χ0v) is 14.2. The number of halogens is 2. The number of aromatic nitrogens is 4. The van der Waals surface area contributed by atoms with Crippen molar-refractivity contribution in [1.82, 2.24) is 19.8 Å². The third-order valence-electron chi connectivity index (χ3n) is 4.25. The lowest BCUT2D eigenvalue weighted by Crippen LogP contribution is -2.33. The first-order chi connectivity index (χ1) is 11.7. The van der Waals surface area contributed by atoms with E-state index in [0.29, 0.717) is 21.5 Å². The summed E-state index contributed by atoms with van der Waals surface area (Å²) in [5, 5.41) is 23.6. The number of fused-ring (bicyclic) bond motifs is 1. The van der Waals surface area contributed by atoms with Crippen LogP contribution in [0.15, 0.2) is 30.3 Å². The minimum atomic E-state index is 0.107. The Labute approximate surface area is 148 Å². The Kier molecular flexibility index (Phi) is 4.04. The molecule has 2 aromatic heterocycles. The fourth-order valence-electron chi connectivity index (χ4n) is 3.12. The van der Waals surface area contributed by atoms with E-state index < -0.39 is 0 Å². The minimum Gasteiger partial charge on any atom is -0.394 e. The predicted octanol–water partition coefficient (Wildman–Crippen LogP) is 3.06. The van der Waals surface area contributed by atoms with Gasteiger partial charge in [0.1, 0.15) is 5.82 Å². The molecular weight excluding hydrogens is 349 g/mol. The standard InChI is InChI=1S/C16H15Cl2N5O/c17-11-6-10(7-12(18)8-11)16-20-19-14-3-4-15(21-23(14)16)22-5-1-2-13(22)9-24/h3-4,6-8,13,24H,1-2,5,9H2/t13-/m1/s1. The summed E-state index contributed by atoms with van der Waals surface area (Å²) in [7, 11) is 0. The lowest BCUT2D eigenvalue weighted by atomic mass is 10.2. The summed E-state index contributed by atoms with van der Waals surface area (Å²) in [6, 6.07) is 9.13. The van der Waals surface area contributed by atoms with E-state index in [1.807, 2.05) is 12.1 Å². The molecule has 1 aromatic carbocycles. The number of benzene rings is 1. The number of nitrogens with zero attached hydrogens (tertiary/aromatic N) is 5. The predicted molar refractivity (Wildman–Crippen MR) is 93.7 cm³/mol. The van der Waals surface area contributed by atoms with Gasteiger partial charge in [-0.1, -0.05) is 23.2 Å². The van der Waals surface area contributed by atoms with Crippen LogP contribution in [-0.4, -0.2) is 44.1 Å². The van der Waals surface area contributed by atoms with Crippen LogP contribution in [0, 0.1) is 0 Å². The van der Waals surface area contributed by atoms with Crippen molar-refractivity contribution in [2.24, 2.45) is 0 Å². The normalized spacial score (nSPS) is 17.8. The molecule has 1 fully saturated rings. The molecular formula is C16H15Cl2N5O. The number of anilines is 1. The van der Waals surface area contributed by atoms with E-state index >= 15 is 0 Å². The number of aliphatic hydroxyl groups is 1. The number of aliphatic hydroxyl groups excluding tert-OH is 1. The lowest BCUT2D eigenvalue weighted by Gasteiger charge is -2.23. The van der Waals surface area contributed by atoms with Gasteiger partial charge in [0.05, 0.1) is 12.6 Å². The molecule has 1 aliphatic rings. The van der Waals surface area contributed by atoms with Crippen molar-refractivity contribution in [2.45, 2.75) is 18.9 Å². The highest BCUT2D eigenvalue weighted by Crippen LogP contribution is 2.28. The highest BCUT2D eigenvalue weighted by Gasteiger charge is 2.25. The molecule has 1 atom stereocenters. The molecule has 0 spiro atoms. The third kappa shape index (κ3) is 2.70. The molecule has 0 saturated carbocycles. The Morgan fingerprint density at radius 1 is 1.12 bits per heavy atom. The molecule has 124 valence electrons. The SMILES string of the molecule is OC[C@H]1CCCN1c1ccc2nnc(-c3cc(Cl)cc(Cl)c3)n2n1. The minimum absolute atomic E-state index is 0.107. The van der Waals surface area contributed by atoms with Gasteiger partial charge in [0.15, 0.2) is 11.5 Å². The van der Waals surface area contributed by atoms with Crippen molar-refractivity contribution in [3.8, 4) is 11.4 Å². The van der Waals surface area contributed by atoms with Gasteiger partial charge in [-0.05, 0) is 43.2 Å². The molecule has 3 aromatic rings. The summed E-state index contributed by atoms with van der Waals surface area (Å²) in [4.78, 5) is 2.12. The largest absolute Gasteiger partial charge is 0.394 e. The first-order valence-corrected chi connectivity index (χ1v) is 8.48. The zero-order chi connectivity index (χ0) is 16.7. The summed E-state index contributed by atoms with van der Waals surface area (Å²) in [6.45, 7) is 1.00. The maximum atomic E-state index is 9.53. The molecule has 6 nitrogen and oxygen atoms in total. The Balaban J connectivity index is 1.81. The molecule has 24 heavy (non-hydrogen) atoms. The van der Waals surface area contributed by atoms with Crippen molar-refractivity contribution >= 4 is 34.7 Å². The van der Waals surface area contributed by atoms with Crippen molar-refractivity contribution in [3.05, 3.63) is 40.4 Å². The summed E-state index contributed by atoms with van der Waals surface area (Å²) < 4.78 is 1.68. The van der Waals surface area contributed by atoms with Gasteiger partial charge in [-0.25, -0.2) is 0 Å². The van der Waals surface area contributed by atoms with Crippen LogP contribution in [-0.2, 0) is 0 Å². The van der Waals surface area contributed by atoms with E-state index in [2.05, 4.69) is 20.2 Å². The monoisotopic (exact) mass is 363 g/mol. The van der Waals surface area contributed by atoms with Crippen LogP contribution < -0.4 is 4.90 Å². The quantitative estimate of drug-likeness (QED) is 0.774. The van der Waals surface area contributed by atoms with Gasteiger partial charge in [-0.15, -0.1) is 15.3 Å². The Bertz CT molecular complexity index is 877. The second-order valence-electron chi connectivity index (χ2n) is 5.82. The van der Waals surface area contributed by atoms with Gasteiger partial charge in [-0.3, -0.25) is 0 Å². The highest BCUT2D eigenvalue weighted by molar-refractivity contribution is 6.35. The smallest absolute Gasteiger partial charge is 0.185 e. The van der Waals surface area contributed by atoms with Crippen LogP contribution in [0.5, 0.6) is 0 Å². The van der Waals surface area contributed by atoms with Crippen molar-refractivity contribution in [1.29, 1.82) is 0 Å². The Hall–Kier alpha value is -1.89. The maximum absolute atomic E-state index is 9.53. The highest BCUT2D eigenvalue weighted by atomic mass is 35.5. The Morgan fingerprint density at radius 2 is 1.92 bits per heavy atom. The molecule has 1 aliphatic heterocycles. The van der Waals surface area contributed by atoms with Crippen molar-refractivity contribution in [2.75, 3.05) is 18.1 Å². The molecule has 0 radical (unpaired) electrons. The second-order valence-corrected chi connectivity index (χ2v) is 6.69. The van der Waals surface area contributed by atoms with Gasteiger partial charge >= 0.3 is 0 Å². The summed E-state index contributed by atoms with van der Waals surface area (Å²) >= 11 is 12.2. The van der Waals surface area contributed by atoms with Gasteiger partial charge in [0.2, 0.25) is 0 Å². The fourth-order valence-corrected chi connectivity index (χ4v) is 3.65. The molecule has 0 aliphatic carbocycles. The van der Waals surface area contributed by atoms with E-state index in [0.717, 1.165) is 30.8 Å². The van der Waals surface area contributed by atoms with E-state index in [9.17, 15) is 5.11 Å². The van der Waals surface area contributed by atoms with Crippen LogP contribution >= 0.6 is 23.2 Å². The summed E-state index contributed by atoms with van der Waals surface area (Å²) in [5.41, 5.74) is 1.40. The van der Waals surface area contributed by atoms with Crippen LogP contribution in [0.3, 0.4) is 0 Å². The van der Waals surface area contributed by atoms with Gasteiger partial charge in [0, 0.05) is 22.2 Å². The van der Waals surface area contributed by atoms with E-state index in [1.54, 1.807) is 22.7 Å². The fraction of sp³-hybridized carbons (Fsp3) is 0.312. The van der Waals surface area contributed by atoms with Gasteiger partial charge in [-0.2, -0.15) is 4.52 Å². The van der Waals surface area contributed by atoms with Crippen LogP contribution in [0.2, 0.25) is 10.0 Å². The summed E-state index contributed by atoms with van der Waals surface area (Å²) in [6.07, 6.45) is 2.01. The maximum Gasteiger partial charge on any atom is 0.185 e. The first-order valence-electron chi connectivity index (χ1n) is 7.72. The van der Waals surface area contributed by atoms with Crippen LogP contribution in [0.4, 0.5) is 5.82 Å². The molecule has 0 amide bonds.